The molecule has 1 aliphatic rings. The molecule has 0 radical (unpaired) electrons. The molecule has 1 amide bonds. The van der Waals surface area contributed by atoms with Crippen LogP contribution < -0.4 is 11.5 Å². The van der Waals surface area contributed by atoms with Gasteiger partial charge in [0, 0.05) is 0 Å². The molecule has 1 saturated heterocycles. The highest BCUT2D eigenvalue weighted by Gasteiger charge is 2.45. The fourth-order valence-electron chi connectivity index (χ4n) is 2.03. The Morgan fingerprint density at radius 1 is 1.42 bits per heavy atom. The maximum Gasteiger partial charge on any atom is 0.469 e. The molecule has 1 aromatic rings. The largest absolute Gasteiger partial charge is 0.469 e. The number of primary amides is 1. The number of nitrogens with zero attached hydrogens (tertiary/aromatic N) is 3. The van der Waals surface area contributed by atoms with Crippen molar-refractivity contribution in [2.45, 2.75) is 24.4 Å². The summed E-state index contributed by atoms with van der Waals surface area (Å²) in [4.78, 5) is 32.1. The lowest BCUT2D eigenvalue weighted by Crippen LogP contribution is -2.40. The van der Waals surface area contributed by atoms with Gasteiger partial charge in [0.05, 0.1) is 12.8 Å². The van der Waals surface area contributed by atoms with Crippen LogP contribution >= 0.6 is 7.82 Å². The van der Waals surface area contributed by atoms with Crippen molar-refractivity contribution in [3.05, 3.63) is 18.2 Å². The molecule has 0 aliphatic carbocycles. The first-order chi connectivity index (χ1) is 11.1. The van der Waals surface area contributed by atoms with Crippen LogP contribution in [-0.4, -0.2) is 72.4 Å². The molecule has 4 atom stereocenters. The van der Waals surface area contributed by atoms with Gasteiger partial charge in [-0.15, -0.1) is 0 Å². The van der Waals surface area contributed by atoms with E-state index in [1.54, 1.807) is 0 Å². The van der Waals surface area contributed by atoms with Crippen molar-refractivity contribution >= 4 is 19.6 Å². The lowest BCUT2D eigenvalue weighted by atomic mass is 10.1. The van der Waals surface area contributed by atoms with E-state index in [1.165, 1.54) is 0 Å². The van der Waals surface area contributed by atoms with Gasteiger partial charge in [0.2, 0.25) is 0 Å². The van der Waals surface area contributed by atoms with Gasteiger partial charge in [0.25, 0.3) is 5.91 Å². The second-order valence-electron chi connectivity index (χ2n) is 4.88. The number of aliphatic hydroxyl groups excluding tert-OH is 2. The van der Waals surface area contributed by atoms with Gasteiger partial charge in [0.15, 0.2) is 5.84 Å². The van der Waals surface area contributed by atoms with E-state index in [0.29, 0.717) is 0 Å². The number of phosphoric acid groups is 1. The zero-order valence-corrected chi connectivity index (χ0v) is 12.9. The number of amides is 1. The first kappa shape index (κ1) is 18.5. The normalized spacial score (nSPS) is 28.2. The Labute approximate surface area is 134 Å². The van der Waals surface area contributed by atoms with Crippen molar-refractivity contribution in [2.75, 3.05) is 6.61 Å². The Hall–Kier alpha value is -1.86. The molecule has 0 saturated carbocycles. The number of amidine groups is 1. The maximum absolute atomic E-state index is 11.2. The standard InChI is InChI=1S/C10H16N5O8P/c11-9(14-15-3-13-1-4(15)10(12)18)8-7(17)6(16)5(23-8)2-22-24(19,20)21/h1,3,5-8,16-17H,2H2,(H2,11,14)(H2,12,18)(H2,19,20,21)/t5-,6-,7-,8?/m1/s1. The molecule has 1 unspecified atom stereocenters. The predicted octanol–water partition coefficient (Wildman–Crippen LogP) is -3.30. The Balaban J connectivity index is 2.13. The summed E-state index contributed by atoms with van der Waals surface area (Å²) >= 11 is 0. The lowest BCUT2D eigenvalue weighted by Gasteiger charge is -2.14. The summed E-state index contributed by atoms with van der Waals surface area (Å²) < 4.78 is 21.1. The van der Waals surface area contributed by atoms with Gasteiger partial charge in [-0.05, 0) is 0 Å². The number of hydrogen-bond acceptors (Lipinski definition) is 8. The number of nitrogens with two attached hydrogens (primary N) is 2. The molecular weight excluding hydrogens is 349 g/mol. The molecule has 8 N–H and O–H groups in total. The maximum atomic E-state index is 11.2. The molecule has 1 aromatic heterocycles. The van der Waals surface area contributed by atoms with E-state index in [9.17, 15) is 19.6 Å². The topological polar surface area (TPSA) is 216 Å². The Bertz CT molecular complexity index is 687. The highest BCUT2D eigenvalue weighted by atomic mass is 31.2. The Morgan fingerprint density at radius 3 is 2.67 bits per heavy atom. The van der Waals surface area contributed by atoms with Gasteiger partial charge in [-0.25, -0.2) is 14.2 Å². The van der Waals surface area contributed by atoms with Gasteiger partial charge in [-0.2, -0.15) is 5.10 Å². The van der Waals surface area contributed by atoms with E-state index in [0.717, 1.165) is 17.2 Å². The molecule has 0 spiro atoms. The first-order valence-electron chi connectivity index (χ1n) is 6.48. The van der Waals surface area contributed by atoms with Gasteiger partial charge in [-0.1, -0.05) is 0 Å². The third-order valence-electron chi connectivity index (χ3n) is 3.16. The number of ether oxygens (including phenoxy) is 1. The van der Waals surface area contributed by atoms with Crippen molar-refractivity contribution in [3.8, 4) is 0 Å². The number of hydrogen-bond donors (Lipinski definition) is 6. The minimum Gasteiger partial charge on any atom is -0.387 e. The Morgan fingerprint density at radius 2 is 2.08 bits per heavy atom. The average Bonchev–Trinajstić information content (AvgIpc) is 3.03. The van der Waals surface area contributed by atoms with E-state index in [2.05, 4.69) is 14.6 Å². The lowest BCUT2D eigenvalue weighted by molar-refractivity contribution is -0.0101. The molecule has 0 aromatic carbocycles. The van der Waals surface area contributed by atoms with Crippen LogP contribution in [0.1, 0.15) is 10.5 Å². The monoisotopic (exact) mass is 365 g/mol. The number of phosphoric ester groups is 1. The summed E-state index contributed by atoms with van der Waals surface area (Å²) in [7, 11) is -4.77. The second kappa shape index (κ2) is 6.94. The molecule has 1 aliphatic heterocycles. The third-order valence-corrected chi connectivity index (χ3v) is 3.64. The molecule has 2 heterocycles. The summed E-state index contributed by atoms with van der Waals surface area (Å²) in [6.07, 6.45) is -3.30. The van der Waals surface area contributed by atoms with E-state index in [4.69, 9.17) is 26.0 Å². The molecule has 24 heavy (non-hydrogen) atoms. The summed E-state index contributed by atoms with van der Waals surface area (Å²) in [5.74, 6) is -1.13. The van der Waals surface area contributed by atoms with Crippen LogP contribution in [0.3, 0.4) is 0 Å². The van der Waals surface area contributed by atoms with Crippen molar-refractivity contribution in [1.29, 1.82) is 0 Å². The first-order valence-corrected chi connectivity index (χ1v) is 8.01. The van der Waals surface area contributed by atoms with Gasteiger partial charge in [-0.3, -0.25) is 9.32 Å². The van der Waals surface area contributed by atoms with Gasteiger partial charge >= 0.3 is 7.82 Å². The molecule has 0 bridgehead atoms. The van der Waals surface area contributed by atoms with Crippen LogP contribution in [0.5, 0.6) is 0 Å². The number of rotatable bonds is 6. The molecule has 134 valence electrons. The van der Waals surface area contributed by atoms with Crippen molar-refractivity contribution in [3.63, 3.8) is 0 Å². The number of aromatic nitrogens is 2. The molecule has 13 nitrogen and oxygen atoms in total. The fraction of sp³-hybridized carbons (Fsp3) is 0.500. The minimum atomic E-state index is -4.77. The van der Waals surface area contributed by atoms with Gasteiger partial charge in [0.1, 0.15) is 36.4 Å². The Kier molecular flexibility index (Phi) is 5.35. The zero-order chi connectivity index (χ0) is 18.1. The predicted molar refractivity (Wildman–Crippen MR) is 76.4 cm³/mol. The smallest absolute Gasteiger partial charge is 0.387 e. The van der Waals surface area contributed by atoms with Gasteiger partial charge < -0.3 is 36.2 Å². The highest BCUT2D eigenvalue weighted by molar-refractivity contribution is 7.46. The van der Waals surface area contributed by atoms with E-state index in [1.807, 2.05) is 0 Å². The van der Waals surface area contributed by atoms with Crippen LogP contribution in [-0.2, 0) is 13.8 Å². The van der Waals surface area contributed by atoms with E-state index >= 15 is 0 Å². The summed E-state index contributed by atoms with van der Waals surface area (Å²) in [5, 5.41) is 23.6. The summed E-state index contributed by atoms with van der Waals surface area (Å²) in [6.45, 7) is -0.677. The van der Waals surface area contributed by atoms with E-state index in [-0.39, 0.29) is 11.5 Å². The molecule has 2 rings (SSSR count). The highest BCUT2D eigenvalue weighted by Crippen LogP contribution is 2.37. The van der Waals surface area contributed by atoms with Crippen LogP contribution in [0, 0.1) is 0 Å². The SMILES string of the molecule is NC(=O)c1cncn1N=C(N)C1O[C@H](COP(=O)(O)O)[C@@H](O)[C@H]1O. The number of carbonyl (C=O) groups excluding carboxylic acids is 1. The number of imidazole rings is 1. The molecule has 14 heteroatoms. The third kappa shape index (κ3) is 4.15. The zero-order valence-electron chi connectivity index (χ0n) is 12.0. The van der Waals surface area contributed by atoms with Crippen LogP contribution in [0.25, 0.3) is 0 Å². The average molecular weight is 365 g/mol. The number of carbonyl (C=O) groups is 1. The second-order valence-corrected chi connectivity index (χ2v) is 6.11. The quantitative estimate of drug-likeness (QED) is 0.168. The summed E-state index contributed by atoms with van der Waals surface area (Å²) in [5.41, 5.74) is 10.7. The molecule has 1 fully saturated rings. The van der Waals surface area contributed by atoms with Crippen molar-refractivity contribution < 1.29 is 38.6 Å². The van der Waals surface area contributed by atoms with Crippen molar-refractivity contribution in [2.24, 2.45) is 16.6 Å². The van der Waals surface area contributed by atoms with Crippen LogP contribution in [0.15, 0.2) is 17.6 Å². The van der Waals surface area contributed by atoms with Crippen molar-refractivity contribution in [1.82, 2.24) is 9.66 Å². The van der Waals surface area contributed by atoms with Crippen LogP contribution in [0.4, 0.5) is 0 Å². The molecular formula is C10H16N5O8P. The fourth-order valence-corrected chi connectivity index (χ4v) is 2.37. The number of aliphatic hydroxyl groups is 2. The van der Waals surface area contributed by atoms with E-state index < -0.39 is 44.8 Å². The summed E-state index contributed by atoms with van der Waals surface area (Å²) in [6, 6.07) is 0. The van der Waals surface area contributed by atoms with Crippen LogP contribution in [0.2, 0.25) is 0 Å². The minimum absolute atomic E-state index is 0.0765.